The number of aliphatic imine (C=N–C) groups is 1. The van der Waals surface area contributed by atoms with Gasteiger partial charge in [-0.1, -0.05) is 6.58 Å². The van der Waals surface area contributed by atoms with Gasteiger partial charge in [-0.15, -0.1) is 11.3 Å². The molecule has 6 nitrogen and oxygen atoms in total. The highest BCUT2D eigenvalue weighted by Gasteiger charge is 2.05. The zero-order chi connectivity index (χ0) is 15.7. The Kier molecular flexibility index (Phi) is 3.56. The average Bonchev–Trinajstić information content (AvgIpc) is 3.03. The zero-order valence-corrected chi connectivity index (χ0v) is 12.8. The molecule has 0 radical (unpaired) electrons. The van der Waals surface area contributed by atoms with Crippen molar-refractivity contribution in [3.05, 3.63) is 47.7 Å². The van der Waals surface area contributed by atoms with Gasteiger partial charge in [0, 0.05) is 16.5 Å². The van der Waals surface area contributed by atoms with Crippen molar-refractivity contribution in [2.75, 3.05) is 5.32 Å². The molecule has 0 saturated heterocycles. The van der Waals surface area contributed by atoms with E-state index in [1.807, 2.05) is 31.2 Å². The molecule has 0 atom stereocenters. The minimum absolute atomic E-state index is 0.253. The predicted octanol–water partition coefficient (Wildman–Crippen LogP) is 3.19. The van der Waals surface area contributed by atoms with Crippen LogP contribution in [0.2, 0.25) is 0 Å². The summed E-state index contributed by atoms with van der Waals surface area (Å²) in [6.07, 6.45) is 0. The quantitative estimate of drug-likeness (QED) is 0.509. The van der Waals surface area contributed by atoms with Crippen molar-refractivity contribution >= 4 is 44.8 Å². The topological polar surface area (TPSA) is 102 Å². The highest BCUT2D eigenvalue weighted by atomic mass is 32.1. The van der Waals surface area contributed by atoms with Crippen molar-refractivity contribution < 1.29 is 4.42 Å². The molecule has 2 heterocycles. The summed E-state index contributed by atoms with van der Waals surface area (Å²) in [6.45, 7) is 5.55. The summed E-state index contributed by atoms with van der Waals surface area (Å²) in [7, 11) is 0. The number of furan rings is 1. The van der Waals surface area contributed by atoms with Gasteiger partial charge in [-0.3, -0.25) is 0 Å². The number of aromatic nitrogens is 1. The maximum atomic E-state index is 5.90. The minimum atomic E-state index is 0.253. The van der Waals surface area contributed by atoms with E-state index in [9.17, 15) is 0 Å². The number of guanidine groups is 1. The van der Waals surface area contributed by atoms with Crippen LogP contribution >= 0.6 is 11.3 Å². The SMILES string of the molecule is C=C(N)c1csc(N=C(N)Nc2ccc3oc(C)cc3c2)n1. The number of thiazole rings is 1. The first-order valence-corrected chi connectivity index (χ1v) is 7.41. The first-order valence-electron chi connectivity index (χ1n) is 6.53. The molecular formula is C15H15N5OS. The fourth-order valence-corrected chi connectivity index (χ4v) is 2.72. The maximum Gasteiger partial charge on any atom is 0.212 e. The number of nitrogens with zero attached hydrogens (tertiary/aromatic N) is 2. The van der Waals surface area contributed by atoms with Gasteiger partial charge in [-0.05, 0) is 31.2 Å². The molecular weight excluding hydrogens is 298 g/mol. The number of rotatable bonds is 3. The predicted molar refractivity (Wildman–Crippen MR) is 91.2 cm³/mol. The molecule has 5 N–H and O–H groups in total. The lowest BCUT2D eigenvalue weighted by Crippen LogP contribution is -2.21. The van der Waals surface area contributed by atoms with E-state index in [0.29, 0.717) is 16.5 Å². The van der Waals surface area contributed by atoms with Gasteiger partial charge in [0.05, 0.1) is 11.4 Å². The van der Waals surface area contributed by atoms with E-state index in [0.717, 1.165) is 22.4 Å². The molecule has 112 valence electrons. The molecule has 0 unspecified atom stereocenters. The van der Waals surface area contributed by atoms with Crippen LogP contribution in [0, 0.1) is 6.92 Å². The Bertz CT molecular complexity index is 877. The average molecular weight is 313 g/mol. The van der Waals surface area contributed by atoms with E-state index >= 15 is 0 Å². The smallest absolute Gasteiger partial charge is 0.212 e. The normalized spacial score (nSPS) is 11.8. The summed E-state index contributed by atoms with van der Waals surface area (Å²) in [4.78, 5) is 8.43. The highest BCUT2D eigenvalue weighted by molar-refractivity contribution is 7.13. The first-order chi connectivity index (χ1) is 10.5. The summed E-state index contributed by atoms with van der Waals surface area (Å²) < 4.78 is 5.53. The second-order valence-corrected chi connectivity index (χ2v) is 5.61. The van der Waals surface area contributed by atoms with Crippen molar-refractivity contribution in [3.8, 4) is 0 Å². The Labute approximate surface area is 131 Å². The number of hydrogen-bond acceptors (Lipinski definition) is 5. The largest absolute Gasteiger partial charge is 0.461 e. The lowest BCUT2D eigenvalue weighted by molar-refractivity contribution is 0.578. The summed E-state index contributed by atoms with van der Waals surface area (Å²) in [5, 5.41) is 6.34. The Balaban J connectivity index is 1.80. The van der Waals surface area contributed by atoms with Crippen molar-refractivity contribution in [3.63, 3.8) is 0 Å². The highest BCUT2D eigenvalue weighted by Crippen LogP contribution is 2.23. The molecule has 2 aromatic heterocycles. The van der Waals surface area contributed by atoms with Gasteiger partial charge in [0.15, 0.2) is 0 Å². The Hall–Kier alpha value is -2.80. The van der Waals surface area contributed by atoms with Gasteiger partial charge < -0.3 is 21.2 Å². The lowest BCUT2D eigenvalue weighted by Gasteiger charge is -2.04. The van der Waals surface area contributed by atoms with Crippen LogP contribution in [-0.4, -0.2) is 10.9 Å². The Morgan fingerprint density at radius 1 is 1.36 bits per heavy atom. The van der Waals surface area contributed by atoms with Crippen molar-refractivity contribution in [1.29, 1.82) is 0 Å². The van der Waals surface area contributed by atoms with Crippen LogP contribution in [0.3, 0.4) is 0 Å². The second-order valence-electron chi connectivity index (χ2n) is 4.77. The molecule has 1 aromatic carbocycles. The number of aryl methyl sites for hydroxylation is 1. The van der Waals surface area contributed by atoms with E-state index in [1.54, 1.807) is 5.38 Å². The van der Waals surface area contributed by atoms with E-state index in [2.05, 4.69) is 21.9 Å². The van der Waals surface area contributed by atoms with E-state index < -0.39 is 0 Å². The Morgan fingerprint density at radius 2 is 2.18 bits per heavy atom. The number of benzene rings is 1. The van der Waals surface area contributed by atoms with Gasteiger partial charge in [-0.2, -0.15) is 4.99 Å². The molecule has 0 bridgehead atoms. The molecule has 0 aliphatic heterocycles. The number of hydrogen-bond donors (Lipinski definition) is 3. The number of nitrogens with one attached hydrogen (secondary N) is 1. The van der Waals surface area contributed by atoms with Crippen molar-refractivity contribution in [1.82, 2.24) is 4.98 Å². The van der Waals surface area contributed by atoms with Crippen LogP contribution in [0.5, 0.6) is 0 Å². The number of fused-ring (bicyclic) bond motifs is 1. The fourth-order valence-electron chi connectivity index (χ4n) is 2.00. The third-order valence-electron chi connectivity index (χ3n) is 2.95. The molecule has 0 amide bonds. The molecule has 7 heteroatoms. The van der Waals surface area contributed by atoms with Gasteiger partial charge >= 0.3 is 0 Å². The van der Waals surface area contributed by atoms with Crippen LogP contribution in [-0.2, 0) is 0 Å². The van der Waals surface area contributed by atoms with Crippen molar-refractivity contribution in [2.45, 2.75) is 6.92 Å². The third kappa shape index (κ3) is 2.94. The molecule has 0 saturated carbocycles. The van der Waals surface area contributed by atoms with Gasteiger partial charge in [0.2, 0.25) is 11.1 Å². The second kappa shape index (κ2) is 5.53. The van der Waals surface area contributed by atoms with Gasteiger partial charge in [0.1, 0.15) is 11.3 Å². The molecule has 0 aliphatic carbocycles. The molecule has 0 fully saturated rings. The van der Waals surface area contributed by atoms with Crippen LogP contribution in [0.15, 0.2) is 45.6 Å². The van der Waals surface area contributed by atoms with Gasteiger partial charge in [-0.25, -0.2) is 4.98 Å². The molecule has 0 spiro atoms. The molecule has 3 aromatic rings. The van der Waals surface area contributed by atoms with E-state index in [-0.39, 0.29) is 5.96 Å². The van der Waals surface area contributed by atoms with Crippen LogP contribution in [0.1, 0.15) is 11.5 Å². The van der Waals surface area contributed by atoms with Crippen LogP contribution in [0.25, 0.3) is 16.7 Å². The number of anilines is 1. The molecule has 22 heavy (non-hydrogen) atoms. The monoisotopic (exact) mass is 313 g/mol. The van der Waals surface area contributed by atoms with E-state index in [4.69, 9.17) is 15.9 Å². The van der Waals surface area contributed by atoms with E-state index in [1.165, 1.54) is 11.3 Å². The van der Waals surface area contributed by atoms with Crippen LogP contribution in [0.4, 0.5) is 10.8 Å². The third-order valence-corrected chi connectivity index (χ3v) is 3.68. The minimum Gasteiger partial charge on any atom is -0.461 e. The Morgan fingerprint density at radius 3 is 2.91 bits per heavy atom. The summed E-state index contributed by atoms with van der Waals surface area (Å²) in [5.74, 6) is 1.12. The lowest BCUT2D eigenvalue weighted by atomic mass is 10.2. The first kappa shape index (κ1) is 14.2. The number of nitrogens with two attached hydrogens (primary N) is 2. The zero-order valence-electron chi connectivity index (χ0n) is 12.0. The standard InChI is InChI=1S/C15H15N5OS/c1-8-5-10-6-11(3-4-13(10)21-8)18-14(17)20-15-19-12(7-22-15)9(2)16/h3-7H,2,16H2,1H3,(H3,17,18,19,20). The summed E-state index contributed by atoms with van der Waals surface area (Å²) in [5.41, 5.74) is 14.2. The summed E-state index contributed by atoms with van der Waals surface area (Å²) in [6, 6.07) is 7.68. The van der Waals surface area contributed by atoms with Crippen LogP contribution < -0.4 is 16.8 Å². The molecule has 0 aliphatic rings. The maximum absolute atomic E-state index is 5.90. The fraction of sp³-hybridized carbons (Fsp3) is 0.0667. The summed E-state index contributed by atoms with van der Waals surface area (Å²) >= 11 is 1.35. The van der Waals surface area contributed by atoms with Crippen molar-refractivity contribution in [2.24, 2.45) is 16.5 Å². The van der Waals surface area contributed by atoms with Gasteiger partial charge in [0.25, 0.3) is 0 Å². The molecule has 3 rings (SSSR count).